The second-order valence-electron chi connectivity index (χ2n) is 7.74. The maximum absolute atomic E-state index is 12.3. The number of fused-ring (bicyclic) bond motifs is 1. The van der Waals surface area contributed by atoms with Gasteiger partial charge < -0.3 is 9.47 Å². The van der Waals surface area contributed by atoms with Gasteiger partial charge in [-0.25, -0.2) is 4.79 Å². The molecule has 0 saturated carbocycles. The average molecular weight is 374 g/mol. The molecule has 1 aliphatic heterocycles. The highest BCUT2D eigenvalue weighted by molar-refractivity contribution is 5.91. The van der Waals surface area contributed by atoms with E-state index in [0.717, 1.165) is 24.8 Å². The minimum Gasteiger partial charge on any atom is -0.462 e. The molecule has 1 heterocycles. The van der Waals surface area contributed by atoms with E-state index in [-0.39, 0.29) is 11.7 Å². The number of esters is 2. The lowest BCUT2D eigenvalue weighted by Crippen LogP contribution is -2.34. The summed E-state index contributed by atoms with van der Waals surface area (Å²) in [5.41, 5.74) is 2.75. The van der Waals surface area contributed by atoms with E-state index in [4.69, 9.17) is 9.47 Å². The molecule has 1 saturated heterocycles. The highest BCUT2D eigenvalue weighted by Crippen LogP contribution is 2.36. The van der Waals surface area contributed by atoms with Crippen molar-refractivity contribution in [2.24, 2.45) is 11.8 Å². The highest BCUT2D eigenvalue weighted by Gasteiger charge is 2.41. The van der Waals surface area contributed by atoms with Crippen LogP contribution in [0.3, 0.4) is 0 Å². The van der Waals surface area contributed by atoms with Gasteiger partial charge in [-0.15, -0.1) is 0 Å². The third-order valence-electron chi connectivity index (χ3n) is 5.45. The van der Waals surface area contributed by atoms with E-state index in [2.05, 4.69) is 19.6 Å². The van der Waals surface area contributed by atoms with Crippen LogP contribution in [0.2, 0.25) is 0 Å². The molecule has 27 heavy (non-hydrogen) atoms. The number of hydrogen-bond acceptors (Lipinski definition) is 5. The van der Waals surface area contributed by atoms with Crippen LogP contribution in [0.15, 0.2) is 35.5 Å². The van der Waals surface area contributed by atoms with Crippen molar-refractivity contribution in [2.45, 2.75) is 72.0 Å². The SMILES string of the molecule is C=C1C(=O)O[C@H]2C=C(C)CCC=C(C)CC[C@H](C(C)=O)[C@H](OC(C)=O)C[C@@H]12. The first-order chi connectivity index (χ1) is 12.7. The highest BCUT2D eigenvalue weighted by atomic mass is 16.6. The number of rotatable bonds is 2. The predicted molar refractivity (Wildman–Crippen MR) is 103 cm³/mol. The van der Waals surface area contributed by atoms with Crippen LogP contribution in [-0.2, 0) is 23.9 Å². The average Bonchev–Trinajstić information content (AvgIpc) is 2.81. The molecule has 5 nitrogen and oxygen atoms in total. The number of carbonyl (C=O) groups excluding carboxylic acids is 3. The van der Waals surface area contributed by atoms with Gasteiger partial charge in [0, 0.05) is 18.4 Å². The van der Waals surface area contributed by atoms with Crippen molar-refractivity contribution in [3.8, 4) is 0 Å². The summed E-state index contributed by atoms with van der Waals surface area (Å²) in [5, 5.41) is 0. The largest absolute Gasteiger partial charge is 0.462 e. The van der Waals surface area contributed by atoms with E-state index in [1.165, 1.54) is 19.4 Å². The van der Waals surface area contributed by atoms with Gasteiger partial charge in [0.2, 0.25) is 0 Å². The summed E-state index contributed by atoms with van der Waals surface area (Å²) in [6, 6.07) is 0. The zero-order valence-electron chi connectivity index (χ0n) is 16.7. The summed E-state index contributed by atoms with van der Waals surface area (Å²) < 4.78 is 11.0. The Balaban J connectivity index is 2.41. The van der Waals surface area contributed by atoms with Crippen LogP contribution in [0.4, 0.5) is 0 Å². The zero-order chi connectivity index (χ0) is 20.1. The first kappa shape index (κ1) is 21.1. The number of ether oxygens (including phenoxy) is 2. The number of hydrogen-bond donors (Lipinski definition) is 0. The van der Waals surface area contributed by atoms with Gasteiger partial charge >= 0.3 is 11.9 Å². The van der Waals surface area contributed by atoms with Crippen LogP contribution >= 0.6 is 0 Å². The van der Waals surface area contributed by atoms with Gasteiger partial charge in [0.05, 0.1) is 5.92 Å². The summed E-state index contributed by atoms with van der Waals surface area (Å²) in [6.07, 6.45) is 6.65. The second-order valence-corrected chi connectivity index (χ2v) is 7.74. The summed E-state index contributed by atoms with van der Waals surface area (Å²) in [6.45, 7) is 10.9. The van der Waals surface area contributed by atoms with Crippen molar-refractivity contribution in [2.75, 3.05) is 0 Å². The van der Waals surface area contributed by atoms with Gasteiger partial charge in [-0.3, -0.25) is 9.59 Å². The lowest BCUT2D eigenvalue weighted by Gasteiger charge is -2.28. The van der Waals surface area contributed by atoms with Crippen LogP contribution < -0.4 is 0 Å². The van der Waals surface area contributed by atoms with Gasteiger partial charge in [-0.2, -0.15) is 0 Å². The molecule has 0 amide bonds. The molecule has 0 aromatic carbocycles. The van der Waals surface area contributed by atoms with Crippen LogP contribution in [0.1, 0.15) is 59.8 Å². The fraction of sp³-hybridized carbons (Fsp3) is 0.591. The van der Waals surface area contributed by atoms with Gasteiger partial charge in [0.1, 0.15) is 18.0 Å². The molecule has 148 valence electrons. The Hall–Kier alpha value is -2.17. The van der Waals surface area contributed by atoms with Crippen LogP contribution in [0, 0.1) is 11.8 Å². The Morgan fingerprint density at radius 3 is 2.52 bits per heavy atom. The Morgan fingerprint density at radius 1 is 1.19 bits per heavy atom. The van der Waals surface area contributed by atoms with Gasteiger partial charge in [0.15, 0.2) is 0 Å². The van der Waals surface area contributed by atoms with E-state index >= 15 is 0 Å². The third-order valence-corrected chi connectivity index (χ3v) is 5.45. The van der Waals surface area contributed by atoms with Crippen LogP contribution in [0.25, 0.3) is 0 Å². The molecule has 2 aliphatic rings. The maximum atomic E-state index is 12.3. The van der Waals surface area contributed by atoms with Gasteiger partial charge in [-0.05, 0) is 59.0 Å². The molecule has 2 rings (SSSR count). The Morgan fingerprint density at radius 2 is 1.89 bits per heavy atom. The lowest BCUT2D eigenvalue weighted by atomic mass is 9.82. The van der Waals surface area contributed by atoms with Crippen molar-refractivity contribution >= 4 is 17.7 Å². The Labute approximate surface area is 161 Å². The monoisotopic (exact) mass is 374 g/mol. The molecule has 0 spiro atoms. The fourth-order valence-corrected chi connectivity index (χ4v) is 3.86. The Kier molecular flexibility index (Phi) is 7.17. The van der Waals surface area contributed by atoms with Crippen molar-refractivity contribution in [1.82, 2.24) is 0 Å². The lowest BCUT2D eigenvalue weighted by molar-refractivity contribution is -0.152. The Bertz CT molecular complexity index is 685. The van der Waals surface area contributed by atoms with Crippen molar-refractivity contribution < 1.29 is 23.9 Å². The second kappa shape index (κ2) is 9.16. The maximum Gasteiger partial charge on any atom is 0.334 e. The fourth-order valence-electron chi connectivity index (χ4n) is 3.86. The molecular weight excluding hydrogens is 344 g/mol. The van der Waals surface area contributed by atoms with Gasteiger partial charge in [-0.1, -0.05) is 23.8 Å². The summed E-state index contributed by atoms with van der Waals surface area (Å²) in [7, 11) is 0. The smallest absolute Gasteiger partial charge is 0.334 e. The zero-order valence-corrected chi connectivity index (χ0v) is 16.7. The van der Waals surface area contributed by atoms with Crippen molar-refractivity contribution in [3.63, 3.8) is 0 Å². The molecule has 0 bridgehead atoms. The van der Waals surface area contributed by atoms with E-state index in [1.807, 2.05) is 13.0 Å². The first-order valence-corrected chi connectivity index (χ1v) is 9.59. The molecule has 0 unspecified atom stereocenters. The molecule has 1 aliphatic carbocycles. The van der Waals surface area contributed by atoms with Crippen molar-refractivity contribution in [3.05, 3.63) is 35.5 Å². The molecule has 0 N–H and O–H groups in total. The molecule has 1 fully saturated rings. The molecule has 0 aromatic heterocycles. The van der Waals surface area contributed by atoms with Crippen molar-refractivity contribution in [1.29, 1.82) is 0 Å². The van der Waals surface area contributed by atoms with E-state index < -0.39 is 30.1 Å². The summed E-state index contributed by atoms with van der Waals surface area (Å²) in [5.74, 6) is -1.57. The standard InChI is InChI=1S/C22H30O5/c1-13-7-6-8-14(2)11-20-19(15(3)22(25)27-20)12-21(26-17(5)24)18(10-9-13)16(4)23/h7,11,18-21H,3,6,8-10,12H2,1-2,4-5H3/t18-,19+,20+,21-/m1/s1. The van der Waals surface area contributed by atoms with E-state index in [0.29, 0.717) is 18.4 Å². The molecular formula is C22H30O5. The molecule has 5 heteroatoms. The predicted octanol–water partition coefficient (Wildman–Crippen LogP) is 4.08. The topological polar surface area (TPSA) is 69.7 Å². The summed E-state index contributed by atoms with van der Waals surface area (Å²) in [4.78, 5) is 36.1. The minimum absolute atomic E-state index is 0.0111. The molecule has 0 aromatic rings. The minimum atomic E-state index is -0.596. The van der Waals surface area contributed by atoms with E-state index in [1.54, 1.807) is 0 Å². The third kappa shape index (κ3) is 5.65. The number of carbonyl (C=O) groups is 3. The van der Waals surface area contributed by atoms with E-state index in [9.17, 15) is 14.4 Å². The van der Waals surface area contributed by atoms with Crippen LogP contribution in [-0.4, -0.2) is 29.9 Å². The van der Waals surface area contributed by atoms with Crippen LogP contribution in [0.5, 0.6) is 0 Å². The first-order valence-electron chi connectivity index (χ1n) is 9.59. The number of allylic oxidation sites excluding steroid dienone is 3. The normalized spacial score (nSPS) is 29.9. The molecule has 0 radical (unpaired) electrons. The molecule has 4 atom stereocenters. The number of Topliss-reactive ketones (excluding diaryl/α,β-unsaturated/α-hetero) is 1. The number of ketones is 1. The summed E-state index contributed by atoms with van der Waals surface area (Å²) >= 11 is 0. The quantitative estimate of drug-likeness (QED) is 0.414. The van der Waals surface area contributed by atoms with Gasteiger partial charge in [0.25, 0.3) is 0 Å².